The Morgan fingerprint density at radius 3 is 2.94 bits per heavy atom. The molecule has 0 spiro atoms. The molecule has 0 radical (unpaired) electrons. The molecule has 1 aliphatic carbocycles. The highest BCUT2D eigenvalue weighted by Gasteiger charge is 2.35. The molecule has 0 amide bonds. The van der Waals surface area contributed by atoms with Crippen LogP contribution in [0, 0.1) is 5.92 Å². The van der Waals surface area contributed by atoms with Crippen LogP contribution in [0.1, 0.15) is 26.2 Å². The summed E-state index contributed by atoms with van der Waals surface area (Å²) >= 11 is 0. The first-order valence-electron chi connectivity index (χ1n) is 6.97. The van der Waals surface area contributed by atoms with Crippen LogP contribution in [0.2, 0.25) is 0 Å². The summed E-state index contributed by atoms with van der Waals surface area (Å²) < 4.78 is 5.60. The predicted octanol–water partition coefficient (Wildman–Crippen LogP) is 1.65. The third-order valence-electron chi connectivity index (χ3n) is 3.91. The fraction of sp³-hybridized carbons (Fsp3) is 0.857. The van der Waals surface area contributed by atoms with Gasteiger partial charge in [-0.25, -0.2) is 0 Å². The Labute approximate surface area is 105 Å². The maximum atomic E-state index is 5.60. The monoisotopic (exact) mass is 238 g/mol. The lowest BCUT2D eigenvalue weighted by molar-refractivity contribution is 0.0693. The van der Waals surface area contributed by atoms with E-state index in [9.17, 15) is 0 Å². The number of rotatable bonds is 7. The molecule has 0 aromatic heterocycles. The molecule has 1 heterocycles. The van der Waals surface area contributed by atoms with E-state index in [0.29, 0.717) is 6.04 Å². The van der Waals surface area contributed by atoms with Gasteiger partial charge in [0.15, 0.2) is 0 Å². The Bertz CT molecular complexity index is 240. The van der Waals surface area contributed by atoms with Crippen molar-refractivity contribution in [3.63, 3.8) is 0 Å². The first-order valence-corrected chi connectivity index (χ1v) is 6.97. The van der Waals surface area contributed by atoms with Crippen LogP contribution in [-0.4, -0.2) is 49.8 Å². The average Bonchev–Trinajstić information content (AvgIpc) is 3.15. The Morgan fingerprint density at radius 2 is 2.24 bits per heavy atom. The van der Waals surface area contributed by atoms with Crippen molar-refractivity contribution in [2.24, 2.45) is 5.92 Å². The van der Waals surface area contributed by atoms with Gasteiger partial charge < -0.3 is 10.1 Å². The predicted molar refractivity (Wildman–Crippen MR) is 71.2 cm³/mol. The second-order valence-corrected chi connectivity index (χ2v) is 5.39. The fourth-order valence-electron chi connectivity index (χ4n) is 2.52. The van der Waals surface area contributed by atoms with Crippen LogP contribution in [0.5, 0.6) is 0 Å². The number of ether oxygens (including phenoxy) is 1. The molecule has 1 saturated heterocycles. The molecular formula is C14H26N2O. The van der Waals surface area contributed by atoms with E-state index >= 15 is 0 Å². The van der Waals surface area contributed by atoms with Crippen LogP contribution in [0.4, 0.5) is 0 Å². The van der Waals surface area contributed by atoms with Gasteiger partial charge in [-0.15, -0.1) is 6.58 Å². The zero-order valence-electron chi connectivity index (χ0n) is 11.0. The molecule has 3 nitrogen and oxygen atoms in total. The minimum atomic E-state index is 0.646. The molecule has 1 aliphatic heterocycles. The Hall–Kier alpha value is -0.380. The Kier molecular flexibility index (Phi) is 5.01. The second-order valence-electron chi connectivity index (χ2n) is 5.39. The lowest BCUT2D eigenvalue weighted by Gasteiger charge is -2.39. The van der Waals surface area contributed by atoms with E-state index in [4.69, 9.17) is 4.74 Å². The van der Waals surface area contributed by atoms with Crippen molar-refractivity contribution in [1.82, 2.24) is 10.2 Å². The van der Waals surface area contributed by atoms with E-state index in [-0.39, 0.29) is 0 Å². The molecule has 3 heteroatoms. The largest absolute Gasteiger partial charge is 0.380 e. The lowest BCUT2D eigenvalue weighted by Crippen LogP contribution is -2.56. The smallest absolute Gasteiger partial charge is 0.0593 e. The second kappa shape index (κ2) is 6.53. The molecule has 1 saturated carbocycles. The normalized spacial score (nSPS) is 30.4. The van der Waals surface area contributed by atoms with Gasteiger partial charge in [0.2, 0.25) is 0 Å². The number of hydrogen-bond donors (Lipinski definition) is 1. The summed E-state index contributed by atoms with van der Waals surface area (Å²) in [5.74, 6) is 0.951. The molecule has 2 rings (SSSR count). The van der Waals surface area contributed by atoms with E-state index < -0.39 is 0 Å². The fourth-order valence-corrected chi connectivity index (χ4v) is 2.52. The summed E-state index contributed by atoms with van der Waals surface area (Å²) in [4.78, 5) is 2.58. The molecule has 0 bridgehead atoms. The van der Waals surface area contributed by atoms with Gasteiger partial charge in [-0.2, -0.15) is 0 Å². The molecular weight excluding hydrogens is 212 g/mol. The lowest BCUT2D eigenvalue weighted by atomic mass is 10.1. The zero-order valence-corrected chi connectivity index (χ0v) is 11.0. The van der Waals surface area contributed by atoms with E-state index in [1.165, 1.54) is 19.4 Å². The van der Waals surface area contributed by atoms with Crippen molar-refractivity contribution < 1.29 is 4.74 Å². The summed E-state index contributed by atoms with van der Waals surface area (Å²) in [7, 11) is 0. The van der Waals surface area contributed by atoms with Crippen LogP contribution in [-0.2, 0) is 4.74 Å². The standard InChI is InChI=1S/C14H26N2O/c1-3-4-8-17-9-7-16-11-14(13-5-6-13)15-10-12(16)2/h3,12-15H,1,4-11H2,2H3. The quantitative estimate of drug-likeness (QED) is 0.539. The summed E-state index contributed by atoms with van der Waals surface area (Å²) in [6, 6.07) is 1.38. The molecule has 17 heavy (non-hydrogen) atoms. The third-order valence-corrected chi connectivity index (χ3v) is 3.91. The van der Waals surface area contributed by atoms with Gasteiger partial charge >= 0.3 is 0 Å². The van der Waals surface area contributed by atoms with E-state index in [0.717, 1.165) is 44.7 Å². The van der Waals surface area contributed by atoms with Crippen molar-refractivity contribution in [1.29, 1.82) is 0 Å². The minimum Gasteiger partial charge on any atom is -0.380 e. The van der Waals surface area contributed by atoms with Crippen molar-refractivity contribution in [2.75, 3.05) is 32.8 Å². The van der Waals surface area contributed by atoms with Gasteiger partial charge in [0.05, 0.1) is 13.2 Å². The maximum Gasteiger partial charge on any atom is 0.0593 e. The summed E-state index contributed by atoms with van der Waals surface area (Å²) in [6.07, 6.45) is 5.73. The molecule has 2 unspecified atom stereocenters. The SMILES string of the molecule is C=CCCOCCN1CC(C2CC2)NCC1C. The molecule has 0 aromatic carbocycles. The van der Waals surface area contributed by atoms with Gasteiger partial charge in [-0.3, -0.25) is 4.90 Å². The van der Waals surface area contributed by atoms with Gasteiger partial charge in [0, 0.05) is 31.7 Å². The van der Waals surface area contributed by atoms with Crippen LogP contribution >= 0.6 is 0 Å². The molecule has 2 atom stereocenters. The number of nitrogens with zero attached hydrogens (tertiary/aromatic N) is 1. The number of piperazine rings is 1. The number of nitrogens with one attached hydrogen (secondary N) is 1. The van der Waals surface area contributed by atoms with Crippen LogP contribution in [0.25, 0.3) is 0 Å². The van der Waals surface area contributed by atoms with Gasteiger partial charge in [0.25, 0.3) is 0 Å². The highest BCUT2D eigenvalue weighted by atomic mass is 16.5. The van der Waals surface area contributed by atoms with Crippen LogP contribution in [0.15, 0.2) is 12.7 Å². The van der Waals surface area contributed by atoms with Crippen molar-refractivity contribution >= 4 is 0 Å². The summed E-state index contributed by atoms with van der Waals surface area (Å²) in [5, 5.41) is 3.68. The van der Waals surface area contributed by atoms with Crippen molar-refractivity contribution in [3.8, 4) is 0 Å². The summed E-state index contributed by atoms with van der Waals surface area (Å²) in [5.41, 5.74) is 0. The Balaban J connectivity index is 1.64. The highest BCUT2D eigenvalue weighted by molar-refractivity contribution is 4.93. The van der Waals surface area contributed by atoms with Crippen molar-refractivity contribution in [2.45, 2.75) is 38.3 Å². The molecule has 1 N–H and O–H groups in total. The molecule has 0 aromatic rings. The van der Waals surface area contributed by atoms with Gasteiger partial charge in [-0.1, -0.05) is 6.08 Å². The molecule has 2 fully saturated rings. The van der Waals surface area contributed by atoms with Crippen LogP contribution in [0.3, 0.4) is 0 Å². The Morgan fingerprint density at radius 1 is 1.41 bits per heavy atom. The topological polar surface area (TPSA) is 24.5 Å². The van der Waals surface area contributed by atoms with Gasteiger partial charge in [0.1, 0.15) is 0 Å². The van der Waals surface area contributed by atoms with E-state index in [2.05, 4.69) is 23.7 Å². The highest BCUT2D eigenvalue weighted by Crippen LogP contribution is 2.34. The maximum absolute atomic E-state index is 5.60. The third kappa shape index (κ3) is 4.09. The van der Waals surface area contributed by atoms with E-state index in [1.54, 1.807) is 0 Å². The van der Waals surface area contributed by atoms with Crippen LogP contribution < -0.4 is 5.32 Å². The van der Waals surface area contributed by atoms with Gasteiger partial charge in [-0.05, 0) is 32.1 Å². The van der Waals surface area contributed by atoms with E-state index in [1.807, 2.05) is 6.08 Å². The summed E-state index contributed by atoms with van der Waals surface area (Å²) in [6.45, 7) is 11.1. The zero-order chi connectivity index (χ0) is 12.1. The average molecular weight is 238 g/mol. The molecule has 98 valence electrons. The molecule has 2 aliphatic rings. The minimum absolute atomic E-state index is 0.646. The first kappa shape index (κ1) is 13.1. The van der Waals surface area contributed by atoms with Crippen molar-refractivity contribution in [3.05, 3.63) is 12.7 Å². The number of hydrogen-bond acceptors (Lipinski definition) is 3. The first-order chi connectivity index (χ1) is 8.31.